The molecule has 0 saturated carbocycles. The second-order valence-electron chi connectivity index (χ2n) is 3.87. The predicted octanol–water partition coefficient (Wildman–Crippen LogP) is 2.54. The highest BCUT2D eigenvalue weighted by Crippen LogP contribution is 2.32. The molecule has 84 valence electrons. The van der Waals surface area contributed by atoms with Crippen LogP contribution in [0.4, 0.5) is 0 Å². The summed E-state index contributed by atoms with van der Waals surface area (Å²) in [5.74, 6) is 0.606. The van der Waals surface area contributed by atoms with E-state index in [0.717, 1.165) is 0 Å². The van der Waals surface area contributed by atoms with Gasteiger partial charge in [0.05, 0.1) is 17.2 Å². The molecule has 0 radical (unpaired) electrons. The smallest absolute Gasteiger partial charge is 0.136 e. The minimum absolute atomic E-state index is 0.283. The van der Waals surface area contributed by atoms with E-state index in [-0.39, 0.29) is 5.56 Å². The van der Waals surface area contributed by atoms with Crippen LogP contribution in [0.25, 0.3) is 11.0 Å². The van der Waals surface area contributed by atoms with Gasteiger partial charge in [-0.1, -0.05) is 0 Å². The first-order valence-electron chi connectivity index (χ1n) is 5.13. The minimum Gasteiger partial charge on any atom is -0.461 e. The van der Waals surface area contributed by atoms with Crippen LogP contribution in [-0.4, -0.2) is 5.11 Å². The highest BCUT2D eigenvalue weighted by atomic mass is 16.3. The number of hydrogen-bond acceptors (Lipinski definition) is 4. The summed E-state index contributed by atoms with van der Waals surface area (Å²) in [5.41, 5.74) is 1.77. The van der Waals surface area contributed by atoms with Crippen molar-refractivity contribution in [3.63, 3.8) is 0 Å². The standard InChI is InChI=1S/C13H10N2O2/c1-7(16)13-8(2)17-12-4-10(6-15)9(5-14)3-11(12)13/h3-4,7,16H,1-2H3/t7-/m0/s1. The van der Waals surface area contributed by atoms with Crippen LogP contribution in [0, 0.1) is 29.6 Å². The maximum absolute atomic E-state index is 9.67. The van der Waals surface area contributed by atoms with E-state index in [4.69, 9.17) is 14.9 Å². The van der Waals surface area contributed by atoms with Gasteiger partial charge in [0, 0.05) is 17.0 Å². The molecule has 17 heavy (non-hydrogen) atoms. The molecule has 0 aliphatic carbocycles. The molecule has 0 saturated heterocycles. The van der Waals surface area contributed by atoms with Crippen LogP contribution >= 0.6 is 0 Å². The number of nitriles is 2. The lowest BCUT2D eigenvalue weighted by Gasteiger charge is -2.02. The summed E-state index contributed by atoms with van der Waals surface area (Å²) >= 11 is 0. The van der Waals surface area contributed by atoms with Gasteiger partial charge in [-0.25, -0.2) is 0 Å². The summed E-state index contributed by atoms with van der Waals surface area (Å²) in [6.07, 6.45) is -0.671. The van der Waals surface area contributed by atoms with Crippen LogP contribution in [0.2, 0.25) is 0 Å². The molecule has 0 spiro atoms. The first-order valence-corrected chi connectivity index (χ1v) is 5.13. The Morgan fingerprint density at radius 1 is 1.24 bits per heavy atom. The number of nitrogens with zero attached hydrogens (tertiary/aromatic N) is 2. The highest BCUT2D eigenvalue weighted by Gasteiger charge is 2.17. The summed E-state index contributed by atoms with van der Waals surface area (Å²) in [6, 6.07) is 7.04. The van der Waals surface area contributed by atoms with Gasteiger partial charge in [-0.2, -0.15) is 10.5 Å². The molecule has 2 aromatic rings. The Balaban J connectivity index is 2.86. The van der Waals surface area contributed by atoms with Crippen LogP contribution in [0.3, 0.4) is 0 Å². The number of aliphatic hydroxyl groups excluding tert-OH is 1. The van der Waals surface area contributed by atoms with Crippen LogP contribution in [0.5, 0.6) is 0 Å². The summed E-state index contributed by atoms with van der Waals surface area (Å²) in [4.78, 5) is 0. The van der Waals surface area contributed by atoms with Crippen LogP contribution < -0.4 is 0 Å². The van der Waals surface area contributed by atoms with Gasteiger partial charge in [0.15, 0.2) is 0 Å². The molecule has 1 N–H and O–H groups in total. The second-order valence-corrected chi connectivity index (χ2v) is 3.87. The fraction of sp³-hybridized carbons (Fsp3) is 0.231. The lowest BCUT2D eigenvalue weighted by atomic mass is 10.0. The van der Waals surface area contributed by atoms with E-state index in [9.17, 15) is 5.11 Å². The number of aryl methyl sites for hydroxylation is 1. The third kappa shape index (κ3) is 1.65. The zero-order chi connectivity index (χ0) is 12.6. The largest absolute Gasteiger partial charge is 0.461 e. The fourth-order valence-electron chi connectivity index (χ4n) is 1.99. The molecule has 1 aromatic carbocycles. The molecule has 1 heterocycles. The van der Waals surface area contributed by atoms with Gasteiger partial charge in [-0.15, -0.1) is 0 Å². The van der Waals surface area contributed by atoms with Gasteiger partial charge in [-0.3, -0.25) is 0 Å². The van der Waals surface area contributed by atoms with E-state index in [2.05, 4.69) is 0 Å². The predicted molar refractivity (Wildman–Crippen MR) is 61.0 cm³/mol. The van der Waals surface area contributed by atoms with E-state index >= 15 is 0 Å². The number of fused-ring (bicyclic) bond motifs is 1. The molecule has 1 atom stereocenters. The Morgan fingerprint density at radius 3 is 2.35 bits per heavy atom. The molecule has 4 nitrogen and oxygen atoms in total. The third-order valence-electron chi connectivity index (χ3n) is 2.71. The van der Waals surface area contributed by atoms with E-state index in [1.807, 2.05) is 12.1 Å². The molecule has 4 heteroatoms. The van der Waals surface area contributed by atoms with Crippen LogP contribution in [0.15, 0.2) is 16.5 Å². The molecule has 1 aromatic heterocycles. The van der Waals surface area contributed by atoms with Gasteiger partial charge in [0.2, 0.25) is 0 Å². The molecule has 2 rings (SSSR count). The van der Waals surface area contributed by atoms with Crippen LogP contribution in [-0.2, 0) is 0 Å². The monoisotopic (exact) mass is 226 g/mol. The average molecular weight is 226 g/mol. The number of hydrogen-bond donors (Lipinski definition) is 1. The number of rotatable bonds is 1. The summed E-state index contributed by atoms with van der Waals surface area (Å²) in [7, 11) is 0. The highest BCUT2D eigenvalue weighted by molar-refractivity contribution is 5.85. The molecule has 0 bridgehead atoms. The number of benzene rings is 1. The van der Waals surface area contributed by atoms with Gasteiger partial charge in [-0.05, 0) is 19.9 Å². The fourth-order valence-corrected chi connectivity index (χ4v) is 1.99. The van der Waals surface area contributed by atoms with E-state index in [1.165, 1.54) is 6.07 Å². The second kappa shape index (κ2) is 3.93. The maximum Gasteiger partial charge on any atom is 0.136 e. The van der Waals surface area contributed by atoms with E-state index < -0.39 is 6.10 Å². The van der Waals surface area contributed by atoms with Gasteiger partial charge in [0.25, 0.3) is 0 Å². The van der Waals surface area contributed by atoms with Gasteiger partial charge < -0.3 is 9.52 Å². The summed E-state index contributed by atoms with van der Waals surface area (Å²) in [5, 5.41) is 28.2. The topological polar surface area (TPSA) is 81.0 Å². The zero-order valence-electron chi connectivity index (χ0n) is 9.48. The molecule has 0 fully saturated rings. The molecular weight excluding hydrogens is 216 g/mol. The van der Waals surface area contributed by atoms with Crippen molar-refractivity contribution in [1.82, 2.24) is 0 Å². The van der Waals surface area contributed by atoms with Crippen molar-refractivity contribution >= 4 is 11.0 Å². The van der Waals surface area contributed by atoms with Crippen molar-refractivity contribution in [2.24, 2.45) is 0 Å². The number of aliphatic hydroxyl groups is 1. The van der Waals surface area contributed by atoms with Crippen molar-refractivity contribution in [2.45, 2.75) is 20.0 Å². The third-order valence-corrected chi connectivity index (χ3v) is 2.71. The van der Waals surface area contributed by atoms with Crippen molar-refractivity contribution in [3.8, 4) is 12.1 Å². The first kappa shape index (κ1) is 11.2. The minimum atomic E-state index is -0.671. The van der Waals surface area contributed by atoms with Crippen molar-refractivity contribution in [2.75, 3.05) is 0 Å². The van der Waals surface area contributed by atoms with Crippen LogP contribution in [0.1, 0.15) is 35.5 Å². The summed E-state index contributed by atoms with van der Waals surface area (Å²) in [6.45, 7) is 3.39. The Labute approximate surface area is 98.3 Å². The van der Waals surface area contributed by atoms with Crippen molar-refractivity contribution in [1.29, 1.82) is 10.5 Å². The molecule has 0 amide bonds. The Morgan fingerprint density at radius 2 is 1.82 bits per heavy atom. The van der Waals surface area contributed by atoms with Crippen molar-refractivity contribution < 1.29 is 9.52 Å². The van der Waals surface area contributed by atoms with Crippen molar-refractivity contribution in [3.05, 3.63) is 34.6 Å². The van der Waals surface area contributed by atoms with Gasteiger partial charge >= 0.3 is 0 Å². The molecule has 0 aliphatic heterocycles. The SMILES string of the molecule is Cc1oc2cc(C#N)c(C#N)cc2c1[C@H](C)O. The Hall–Kier alpha value is -2.30. The van der Waals surface area contributed by atoms with Gasteiger partial charge in [0.1, 0.15) is 23.5 Å². The Bertz CT molecular complexity index is 669. The summed E-state index contributed by atoms with van der Waals surface area (Å²) < 4.78 is 5.48. The number of furan rings is 1. The Kier molecular flexibility index (Phi) is 2.59. The molecule has 0 unspecified atom stereocenters. The maximum atomic E-state index is 9.67. The zero-order valence-corrected chi connectivity index (χ0v) is 9.48. The van der Waals surface area contributed by atoms with E-state index in [1.54, 1.807) is 19.9 Å². The normalized spacial score (nSPS) is 12.1. The molecule has 0 aliphatic rings. The van der Waals surface area contributed by atoms with E-state index in [0.29, 0.717) is 27.9 Å². The molecular formula is C13H10N2O2. The first-order chi connectivity index (χ1) is 8.08. The average Bonchev–Trinajstić information content (AvgIpc) is 2.61. The lowest BCUT2D eigenvalue weighted by molar-refractivity contribution is 0.198. The quantitative estimate of drug-likeness (QED) is 0.810. The lowest BCUT2D eigenvalue weighted by Crippen LogP contribution is -1.92.